The van der Waals surface area contributed by atoms with Gasteiger partial charge in [0.25, 0.3) is 0 Å². The van der Waals surface area contributed by atoms with Gasteiger partial charge in [0.15, 0.2) is 5.82 Å². The Labute approximate surface area is 287 Å². The van der Waals surface area contributed by atoms with Crippen LogP contribution in [0.25, 0.3) is 100 Å². The molecule has 6 aromatic carbocycles. The number of aromatic nitrogens is 3. The monoisotopic (exact) mass is 641 g/mol. The average Bonchev–Trinajstić information content (AvgIpc) is 3.77. The minimum atomic E-state index is 0.599. The SMILES string of the molecule is c1ccc(-c2cc(-c3ccc(-c4ccccn4)cc3)nc(-c3ccc(-c4ccc5oc6ccccc6c5c4)c4c3oc3ccccc34)n2)cc1. The van der Waals surface area contributed by atoms with E-state index in [9.17, 15) is 0 Å². The zero-order valence-corrected chi connectivity index (χ0v) is 26.7. The van der Waals surface area contributed by atoms with Crippen LogP contribution in [-0.2, 0) is 0 Å². The van der Waals surface area contributed by atoms with Gasteiger partial charge in [0.1, 0.15) is 22.3 Å². The molecule has 0 bridgehead atoms. The molecule has 5 nitrogen and oxygen atoms in total. The third-order valence-corrected chi connectivity index (χ3v) is 9.39. The zero-order chi connectivity index (χ0) is 33.0. The Kier molecular flexibility index (Phi) is 6.42. The number of rotatable bonds is 5. The van der Waals surface area contributed by atoms with E-state index in [1.54, 1.807) is 0 Å². The summed E-state index contributed by atoms with van der Waals surface area (Å²) in [6, 6.07) is 53.7. The molecule has 0 aliphatic heterocycles. The maximum Gasteiger partial charge on any atom is 0.164 e. The van der Waals surface area contributed by atoms with Crippen molar-refractivity contribution in [2.24, 2.45) is 0 Å². The Balaban J connectivity index is 1.18. The normalized spacial score (nSPS) is 11.6. The van der Waals surface area contributed by atoms with Gasteiger partial charge < -0.3 is 8.83 Å². The van der Waals surface area contributed by atoms with Crippen LogP contribution in [0.5, 0.6) is 0 Å². The number of hydrogen-bond acceptors (Lipinski definition) is 5. The van der Waals surface area contributed by atoms with Gasteiger partial charge in [-0.05, 0) is 59.7 Å². The summed E-state index contributed by atoms with van der Waals surface area (Å²) in [6.45, 7) is 0. The molecule has 0 atom stereocenters. The summed E-state index contributed by atoms with van der Waals surface area (Å²) in [5.41, 5.74) is 12.0. The van der Waals surface area contributed by atoms with Gasteiger partial charge in [-0.2, -0.15) is 0 Å². The maximum absolute atomic E-state index is 6.69. The van der Waals surface area contributed by atoms with E-state index in [4.69, 9.17) is 18.8 Å². The summed E-state index contributed by atoms with van der Waals surface area (Å²) >= 11 is 0. The van der Waals surface area contributed by atoms with Gasteiger partial charge in [0.2, 0.25) is 0 Å². The Morgan fingerprint density at radius 2 is 0.980 bits per heavy atom. The summed E-state index contributed by atoms with van der Waals surface area (Å²) < 4.78 is 12.8. The van der Waals surface area contributed by atoms with Gasteiger partial charge in [-0.1, -0.05) is 109 Å². The fraction of sp³-hybridized carbons (Fsp3) is 0. The highest BCUT2D eigenvalue weighted by atomic mass is 16.3. The van der Waals surface area contributed by atoms with Crippen LogP contribution in [-0.4, -0.2) is 15.0 Å². The molecule has 0 N–H and O–H groups in total. The largest absolute Gasteiger partial charge is 0.456 e. The molecule has 0 spiro atoms. The average molecular weight is 642 g/mol. The van der Waals surface area contributed by atoms with Crippen LogP contribution in [0.3, 0.4) is 0 Å². The predicted octanol–water partition coefficient (Wildman–Crippen LogP) is 12.0. The minimum absolute atomic E-state index is 0.599. The zero-order valence-electron chi connectivity index (χ0n) is 26.7. The molecule has 0 aliphatic rings. The number of hydrogen-bond donors (Lipinski definition) is 0. The van der Waals surface area contributed by atoms with Gasteiger partial charge in [0.05, 0.1) is 22.6 Å². The fourth-order valence-corrected chi connectivity index (χ4v) is 6.96. The van der Waals surface area contributed by atoms with Gasteiger partial charge in [-0.25, -0.2) is 9.97 Å². The minimum Gasteiger partial charge on any atom is -0.456 e. The second-order valence-corrected chi connectivity index (χ2v) is 12.4. The van der Waals surface area contributed by atoms with Crippen molar-refractivity contribution in [1.29, 1.82) is 0 Å². The van der Waals surface area contributed by atoms with Gasteiger partial charge in [-0.3, -0.25) is 4.98 Å². The molecule has 0 radical (unpaired) electrons. The highest BCUT2D eigenvalue weighted by molar-refractivity contribution is 6.17. The van der Waals surface area contributed by atoms with Crippen molar-refractivity contribution >= 4 is 43.9 Å². The third kappa shape index (κ3) is 4.67. The first kappa shape index (κ1) is 28.2. The maximum atomic E-state index is 6.69. The van der Waals surface area contributed by atoms with Crippen LogP contribution in [0.1, 0.15) is 0 Å². The number of furan rings is 2. The Bertz CT molecular complexity index is 2850. The van der Waals surface area contributed by atoms with Crippen LogP contribution in [0.15, 0.2) is 173 Å². The lowest BCUT2D eigenvalue weighted by molar-refractivity contribution is 0.669. The summed E-state index contributed by atoms with van der Waals surface area (Å²) in [6.07, 6.45) is 1.81. The van der Waals surface area contributed by atoms with E-state index in [1.807, 2.05) is 72.9 Å². The molecule has 0 saturated heterocycles. The standard InChI is InChI=1S/C45H27N3O2/c1-2-10-28(11-3-1)38-27-39(30-19-17-29(18-20-30)37-14-8-9-25-46-37)48-45(47-38)35-23-22-32(43-34-13-5-7-16-41(34)50-44(35)43)31-21-24-42-36(26-31)33-12-4-6-15-40(33)49-42/h1-27H. The van der Waals surface area contributed by atoms with Crippen LogP contribution in [0.4, 0.5) is 0 Å². The molecule has 10 aromatic rings. The van der Waals surface area contributed by atoms with Crippen molar-refractivity contribution in [3.63, 3.8) is 0 Å². The van der Waals surface area contributed by atoms with E-state index in [1.165, 1.54) is 0 Å². The lowest BCUT2D eigenvalue weighted by Crippen LogP contribution is -1.96. The second kappa shape index (κ2) is 11.4. The third-order valence-electron chi connectivity index (χ3n) is 9.39. The molecule has 0 aliphatic carbocycles. The number of pyridine rings is 1. The molecule has 5 heteroatoms. The lowest BCUT2D eigenvalue weighted by Gasteiger charge is -2.12. The molecule has 10 rings (SSSR count). The molecule has 0 amide bonds. The molecule has 4 aromatic heterocycles. The summed E-state index contributed by atoms with van der Waals surface area (Å²) in [7, 11) is 0. The smallest absolute Gasteiger partial charge is 0.164 e. The molecule has 234 valence electrons. The van der Waals surface area contributed by atoms with Gasteiger partial charge >= 0.3 is 0 Å². The molecule has 0 unspecified atom stereocenters. The number of para-hydroxylation sites is 2. The van der Waals surface area contributed by atoms with Crippen LogP contribution < -0.4 is 0 Å². The van der Waals surface area contributed by atoms with Crippen molar-refractivity contribution in [3.05, 3.63) is 164 Å². The summed E-state index contributed by atoms with van der Waals surface area (Å²) in [4.78, 5) is 14.9. The molecular weight excluding hydrogens is 615 g/mol. The molecule has 0 saturated carbocycles. The topological polar surface area (TPSA) is 65.0 Å². The van der Waals surface area contributed by atoms with Crippen molar-refractivity contribution in [3.8, 4) is 56.3 Å². The van der Waals surface area contributed by atoms with Crippen LogP contribution in [0.2, 0.25) is 0 Å². The molecule has 0 fully saturated rings. The predicted molar refractivity (Wildman–Crippen MR) is 202 cm³/mol. The molecule has 4 heterocycles. The number of fused-ring (bicyclic) bond motifs is 6. The van der Waals surface area contributed by atoms with Crippen molar-refractivity contribution in [2.75, 3.05) is 0 Å². The Morgan fingerprint density at radius 1 is 0.380 bits per heavy atom. The fourth-order valence-electron chi connectivity index (χ4n) is 6.96. The first-order chi connectivity index (χ1) is 24.8. The molecular formula is C45H27N3O2. The Morgan fingerprint density at radius 3 is 1.74 bits per heavy atom. The second-order valence-electron chi connectivity index (χ2n) is 12.4. The van der Waals surface area contributed by atoms with Crippen LogP contribution in [0, 0.1) is 0 Å². The van der Waals surface area contributed by atoms with E-state index in [-0.39, 0.29) is 0 Å². The number of nitrogens with zero attached hydrogens (tertiary/aromatic N) is 3. The highest BCUT2D eigenvalue weighted by Crippen LogP contribution is 2.43. The molecule has 50 heavy (non-hydrogen) atoms. The lowest BCUT2D eigenvalue weighted by atomic mass is 9.95. The van der Waals surface area contributed by atoms with Crippen LogP contribution >= 0.6 is 0 Å². The van der Waals surface area contributed by atoms with Crippen molar-refractivity contribution < 1.29 is 8.83 Å². The van der Waals surface area contributed by atoms with E-state index < -0.39 is 0 Å². The first-order valence-electron chi connectivity index (χ1n) is 16.6. The quantitative estimate of drug-likeness (QED) is 0.187. The van der Waals surface area contributed by atoms with Gasteiger partial charge in [0, 0.05) is 44.4 Å². The van der Waals surface area contributed by atoms with E-state index >= 15 is 0 Å². The van der Waals surface area contributed by atoms with Crippen molar-refractivity contribution in [2.45, 2.75) is 0 Å². The number of benzene rings is 6. The van der Waals surface area contributed by atoms with E-state index in [2.05, 4.69) is 96.0 Å². The summed E-state index contributed by atoms with van der Waals surface area (Å²) in [5.74, 6) is 0.599. The van der Waals surface area contributed by atoms with Crippen molar-refractivity contribution in [1.82, 2.24) is 15.0 Å². The first-order valence-corrected chi connectivity index (χ1v) is 16.6. The highest BCUT2D eigenvalue weighted by Gasteiger charge is 2.21. The summed E-state index contributed by atoms with van der Waals surface area (Å²) in [5, 5.41) is 4.25. The van der Waals surface area contributed by atoms with E-state index in [0.717, 1.165) is 94.3 Å². The Hall–Kier alpha value is -6.85. The van der Waals surface area contributed by atoms with Gasteiger partial charge in [-0.15, -0.1) is 0 Å². The van der Waals surface area contributed by atoms with E-state index in [0.29, 0.717) is 5.82 Å².